The van der Waals surface area contributed by atoms with Crippen LogP contribution in [0.2, 0.25) is 0 Å². The Morgan fingerprint density at radius 3 is 2.48 bits per heavy atom. The average Bonchev–Trinajstić information content (AvgIpc) is 2.53. The predicted octanol–water partition coefficient (Wildman–Crippen LogP) is 3.43. The number of rotatable bonds is 7. The molecule has 2 aromatic rings. The molecule has 2 N–H and O–H groups in total. The largest absolute Gasteiger partial charge is 0.370 e. The van der Waals surface area contributed by atoms with Crippen molar-refractivity contribution in [3.05, 3.63) is 42.0 Å². The molecule has 0 amide bonds. The molecule has 0 aromatic carbocycles. The fraction of sp³-hybridized carbons (Fsp3) is 0.438. The van der Waals surface area contributed by atoms with Crippen molar-refractivity contribution in [2.45, 2.75) is 39.7 Å². The van der Waals surface area contributed by atoms with Gasteiger partial charge in [-0.3, -0.25) is 4.98 Å². The Kier molecular flexibility index (Phi) is 5.49. The molecule has 5 heteroatoms. The first-order valence-corrected chi connectivity index (χ1v) is 7.50. The summed E-state index contributed by atoms with van der Waals surface area (Å²) in [5.41, 5.74) is 2.32. The van der Waals surface area contributed by atoms with E-state index in [0.29, 0.717) is 0 Å². The van der Waals surface area contributed by atoms with Crippen molar-refractivity contribution >= 4 is 11.6 Å². The molecule has 0 aliphatic heterocycles. The Balaban J connectivity index is 2.19. The lowest BCUT2D eigenvalue weighted by molar-refractivity contribution is 0.858. The number of pyridine rings is 1. The number of nitrogens with one attached hydrogen (secondary N) is 2. The smallest absolute Gasteiger partial charge is 0.135 e. The Bertz CT molecular complexity index is 556. The second kappa shape index (κ2) is 7.57. The maximum atomic E-state index is 4.41. The molecule has 0 aliphatic rings. The van der Waals surface area contributed by atoms with Crippen molar-refractivity contribution in [2.75, 3.05) is 17.2 Å². The van der Waals surface area contributed by atoms with E-state index in [-0.39, 0.29) is 6.04 Å². The van der Waals surface area contributed by atoms with Crippen molar-refractivity contribution < 1.29 is 0 Å². The van der Waals surface area contributed by atoms with Crippen molar-refractivity contribution in [2.24, 2.45) is 0 Å². The van der Waals surface area contributed by atoms with Crippen LogP contribution in [0.1, 0.15) is 44.4 Å². The van der Waals surface area contributed by atoms with E-state index in [0.717, 1.165) is 36.6 Å². The number of nitrogens with zero attached hydrogens (tertiary/aromatic N) is 3. The predicted molar refractivity (Wildman–Crippen MR) is 86.5 cm³/mol. The first-order chi connectivity index (χ1) is 10.3. The third-order valence-electron chi connectivity index (χ3n) is 3.40. The van der Waals surface area contributed by atoms with Crippen LogP contribution in [0.3, 0.4) is 0 Å². The summed E-state index contributed by atoms with van der Waals surface area (Å²) >= 11 is 0. The van der Waals surface area contributed by atoms with Gasteiger partial charge in [0.05, 0.1) is 6.04 Å². The van der Waals surface area contributed by atoms with Crippen LogP contribution in [0.25, 0.3) is 0 Å². The van der Waals surface area contributed by atoms with E-state index in [1.54, 1.807) is 6.33 Å². The standard InChI is InChI=1S/C16H23N5/c1-4-8-18-15-14(5-2)16(20-11-19-15)21-12(3)13-6-9-17-10-7-13/h6-7,9-12H,4-5,8H2,1-3H3,(H2,18,19,20,21). The van der Waals surface area contributed by atoms with Crippen molar-refractivity contribution in [3.8, 4) is 0 Å². The number of hydrogen-bond acceptors (Lipinski definition) is 5. The average molecular weight is 285 g/mol. The summed E-state index contributed by atoms with van der Waals surface area (Å²) in [6.07, 6.45) is 7.19. The maximum absolute atomic E-state index is 4.41. The SMILES string of the molecule is CCCNc1ncnc(NC(C)c2ccncc2)c1CC. The van der Waals surface area contributed by atoms with Crippen LogP contribution in [0.5, 0.6) is 0 Å². The summed E-state index contributed by atoms with van der Waals surface area (Å²) in [6.45, 7) is 7.31. The zero-order valence-corrected chi connectivity index (χ0v) is 12.9. The van der Waals surface area contributed by atoms with E-state index in [9.17, 15) is 0 Å². The van der Waals surface area contributed by atoms with Gasteiger partial charge in [0, 0.05) is 24.5 Å². The van der Waals surface area contributed by atoms with E-state index in [2.05, 4.69) is 46.4 Å². The van der Waals surface area contributed by atoms with Crippen molar-refractivity contribution in [1.82, 2.24) is 15.0 Å². The van der Waals surface area contributed by atoms with Gasteiger partial charge in [-0.2, -0.15) is 0 Å². The fourth-order valence-electron chi connectivity index (χ4n) is 2.21. The monoisotopic (exact) mass is 285 g/mol. The molecule has 21 heavy (non-hydrogen) atoms. The maximum Gasteiger partial charge on any atom is 0.135 e. The highest BCUT2D eigenvalue weighted by atomic mass is 15.1. The summed E-state index contributed by atoms with van der Waals surface area (Å²) in [7, 11) is 0. The molecule has 0 spiro atoms. The second-order valence-corrected chi connectivity index (χ2v) is 4.98. The lowest BCUT2D eigenvalue weighted by Gasteiger charge is -2.18. The highest BCUT2D eigenvalue weighted by Gasteiger charge is 2.12. The van der Waals surface area contributed by atoms with E-state index in [1.165, 1.54) is 5.56 Å². The Morgan fingerprint density at radius 1 is 1.10 bits per heavy atom. The first kappa shape index (κ1) is 15.2. The Hall–Kier alpha value is -2.17. The minimum Gasteiger partial charge on any atom is -0.370 e. The molecule has 1 unspecified atom stereocenters. The normalized spacial score (nSPS) is 12.0. The van der Waals surface area contributed by atoms with Gasteiger partial charge >= 0.3 is 0 Å². The van der Waals surface area contributed by atoms with E-state index in [4.69, 9.17) is 0 Å². The summed E-state index contributed by atoms with van der Waals surface area (Å²) in [5.74, 6) is 1.83. The summed E-state index contributed by atoms with van der Waals surface area (Å²) in [6, 6.07) is 4.20. The zero-order chi connectivity index (χ0) is 15.1. The van der Waals surface area contributed by atoms with Gasteiger partial charge in [-0.05, 0) is 37.5 Å². The van der Waals surface area contributed by atoms with E-state index < -0.39 is 0 Å². The molecule has 0 bridgehead atoms. The molecule has 0 fully saturated rings. The third-order valence-corrected chi connectivity index (χ3v) is 3.40. The Labute approximate surface area is 126 Å². The van der Waals surface area contributed by atoms with Crippen molar-refractivity contribution in [1.29, 1.82) is 0 Å². The topological polar surface area (TPSA) is 62.7 Å². The van der Waals surface area contributed by atoms with Gasteiger partial charge in [0.15, 0.2) is 0 Å². The highest BCUT2D eigenvalue weighted by Crippen LogP contribution is 2.24. The van der Waals surface area contributed by atoms with Gasteiger partial charge in [-0.25, -0.2) is 9.97 Å². The van der Waals surface area contributed by atoms with Crippen LogP contribution in [0.15, 0.2) is 30.9 Å². The summed E-state index contributed by atoms with van der Waals surface area (Å²) < 4.78 is 0. The van der Waals surface area contributed by atoms with Gasteiger partial charge in [0.2, 0.25) is 0 Å². The first-order valence-electron chi connectivity index (χ1n) is 7.50. The number of anilines is 2. The molecule has 0 saturated carbocycles. The molecular formula is C16H23N5. The molecule has 0 aliphatic carbocycles. The number of hydrogen-bond donors (Lipinski definition) is 2. The van der Waals surface area contributed by atoms with Crippen LogP contribution in [-0.4, -0.2) is 21.5 Å². The lowest BCUT2D eigenvalue weighted by atomic mass is 10.1. The molecule has 5 nitrogen and oxygen atoms in total. The van der Waals surface area contributed by atoms with Crippen molar-refractivity contribution in [3.63, 3.8) is 0 Å². The van der Waals surface area contributed by atoms with Crippen LogP contribution in [0.4, 0.5) is 11.6 Å². The van der Waals surface area contributed by atoms with Gasteiger partial charge < -0.3 is 10.6 Å². The zero-order valence-electron chi connectivity index (χ0n) is 12.9. The van der Waals surface area contributed by atoms with Crippen LogP contribution in [0, 0.1) is 0 Å². The highest BCUT2D eigenvalue weighted by molar-refractivity contribution is 5.58. The van der Waals surface area contributed by atoms with Gasteiger partial charge in [0.1, 0.15) is 18.0 Å². The molecule has 0 radical (unpaired) electrons. The summed E-state index contributed by atoms with van der Waals surface area (Å²) in [5, 5.41) is 6.84. The molecule has 0 saturated heterocycles. The van der Waals surface area contributed by atoms with E-state index in [1.807, 2.05) is 24.5 Å². The van der Waals surface area contributed by atoms with Gasteiger partial charge in [-0.1, -0.05) is 13.8 Å². The van der Waals surface area contributed by atoms with Crippen LogP contribution >= 0.6 is 0 Å². The molecule has 2 rings (SSSR count). The molecule has 1 atom stereocenters. The van der Waals surface area contributed by atoms with E-state index >= 15 is 0 Å². The minimum absolute atomic E-state index is 0.173. The minimum atomic E-state index is 0.173. The second-order valence-electron chi connectivity index (χ2n) is 4.98. The molecule has 2 aromatic heterocycles. The van der Waals surface area contributed by atoms with Gasteiger partial charge in [0.25, 0.3) is 0 Å². The Morgan fingerprint density at radius 2 is 1.81 bits per heavy atom. The van der Waals surface area contributed by atoms with Gasteiger partial charge in [-0.15, -0.1) is 0 Å². The third kappa shape index (κ3) is 3.90. The lowest BCUT2D eigenvalue weighted by Crippen LogP contribution is -2.13. The van der Waals surface area contributed by atoms with Crippen LogP contribution in [-0.2, 0) is 6.42 Å². The molecular weight excluding hydrogens is 262 g/mol. The molecule has 2 heterocycles. The van der Waals surface area contributed by atoms with Crippen LogP contribution < -0.4 is 10.6 Å². The summed E-state index contributed by atoms with van der Waals surface area (Å²) in [4.78, 5) is 12.8. The quantitative estimate of drug-likeness (QED) is 0.816. The number of aromatic nitrogens is 3. The fourth-order valence-corrected chi connectivity index (χ4v) is 2.21. The molecule has 112 valence electrons.